The molecule has 0 saturated carbocycles. The lowest BCUT2D eigenvalue weighted by Gasteiger charge is -2.13. The summed E-state index contributed by atoms with van der Waals surface area (Å²) < 4.78 is 16.5. The Morgan fingerprint density at radius 2 is 1.90 bits per heavy atom. The second-order valence-electron chi connectivity index (χ2n) is 6.88. The van der Waals surface area contributed by atoms with E-state index in [4.69, 9.17) is 13.9 Å². The van der Waals surface area contributed by atoms with Crippen LogP contribution in [0.25, 0.3) is 11.1 Å². The van der Waals surface area contributed by atoms with Gasteiger partial charge in [-0.1, -0.05) is 42.5 Å². The van der Waals surface area contributed by atoms with Crippen molar-refractivity contribution in [1.29, 1.82) is 0 Å². The van der Waals surface area contributed by atoms with Gasteiger partial charge in [-0.2, -0.15) is 4.98 Å². The molecule has 0 aliphatic carbocycles. The van der Waals surface area contributed by atoms with Crippen LogP contribution in [-0.4, -0.2) is 18.1 Å². The zero-order chi connectivity index (χ0) is 20.9. The first kappa shape index (κ1) is 19.5. The number of carbonyl (C=O) groups is 1. The fourth-order valence-corrected chi connectivity index (χ4v) is 3.27. The Bertz CT molecular complexity index is 1150. The SMILES string of the molecule is COC(=O)c1c(C)cccc1COc1cccc(CNc2nc3ccccc3o2)c1. The molecule has 1 N–H and O–H groups in total. The number of hydrogen-bond acceptors (Lipinski definition) is 6. The van der Waals surface area contributed by atoms with Crippen LogP contribution in [0.15, 0.2) is 71.1 Å². The number of hydrogen-bond donors (Lipinski definition) is 1. The molecule has 0 spiro atoms. The Morgan fingerprint density at radius 1 is 1.07 bits per heavy atom. The number of esters is 1. The Labute approximate surface area is 174 Å². The summed E-state index contributed by atoms with van der Waals surface area (Å²) in [4.78, 5) is 16.5. The number of anilines is 1. The highest BCUT2D eigenvalue weighted by Crippen LogP contribution is 2.21. The van der Waals surface area contributed by atoms with Gasteiger partial charge in [-0.05, 0) is 42.3 Å². The Kier molecular flexibility index (Phi) is 5.66. The number of oxazole rings is 1. The minimum atomic E-state index is -0.358. The summed E-state index contributed by atoms with van der Waals surface area (Å²) in [7, 11) is 1.38. The molecule has 1 aromatic heterocycles. The van der Waals surface area contributed by atoms with Crippen molar-refractivity contribution >= 4 is 23.1 Å². The summed E-state index contributed by atoms with van der Waals surface area (Å²) in [5.74, 6) is 0.354. The number of ether oxygens (including phenoxy) is 2. The van der Waals surface area contributed by atoms with Gasteiger partial charge in [0.1, 0.15) is 17.9 Å². The minimum Gasteiger partial charge on any atom is -0.489 e. The van der Waals surface area contributed by atoms with E-state index in [9.17, 15) is 4.79 Å². The lowest BCUT2D eigenvalue weighted by Crippen LogP contribution is -2.10. The van der Waals surface area contributed by atoms with Crippen LogP contribution in [0.3, 0.4) is 0 Å². The topological polar surface area (TPSA) is 73.6 Å². The quantitative estimate of drug-likeness (QED) is 0.433. The molecule has 0 fully saturated rings. The van der Waals surface area contributed by atoms with E-state index >= 15 is 0 Å². The van der Waals surface area contributed by atoms with Crippen LogP contribution < -0.4 is 10.1 Å². The summed E-state index contributed by atoms with van der Waals surface area (Å²) in [5.41, 5.74) is 4.78. The second-order valence-corrected chi connectivity index (χ2v) is 6.88. The standard InChI is InChI=1S/C24H22N2O4/c1-16-7-5-9-18(22(16)23(27)28-2)15-29-19-10-6-8-17(13-19)14-25-24-26-20-11-3-4-12-21(20)30-24/h3-13H,14-15H2,1-2H3,(H,25,26). The summed E-state index contributed by atoms with van der Waals surface area (Å²) in [6.45, 7) is 2.70. The summed E-state index contributed by atoms with van der Waals surface area (Å²) in [5, 5.41) is 3.20. The van der Waals surface area contributed by atoms with Crippen molar-refractivity contribution in [2.45, 2.75) is 20.1 Å². The lowest BCUT2D eigenvalue weighted by atomic mass is 10.0. The fraction of sp³-hybridized carbons (Fsp3) is 0.167. The molecule has 0 amide bonds. The maximum Gasteiger partial charge on any atom is 0.338 e. The van der Waals surface area contributed by atoms with Crippen molar-refractivity contribution in [3.8, 4) is 5.75 Å². The predicted octanol–water partition coefficient (Wildman–Crippen LogP) is 5.11. The highest BCUT2D eigenvalue weighted by molar-refractivity contribution is 5.92. The molecule has 4 rings (SSSR count). The van der Waals surface area contributed by atoms with E-state index in [0.29, 0.717) is 23.9 Å². The summed E-state index contributed by atoms with van der Waals surface area (Å²) in [6, 6.07) is 21.5. The first-order valence-corrected chi connectivity index (χ1v) is 9.62. The second kappa shape index (κ2) is 8.69. The van der Waals surface area contributed by atoms with Crippen LogP contribution in [-0.2, 0) is 17.9 Å². The zero-order valence-corrected chi connectivity index (χ0v) is 16.8. The first-order chi connectivity index (χ1) is 14.6. The van der Waals surface area contributed by atoms with E-state index in [1.165, 1.54) is 7.11 Å². The van der Waals surface area contributed by atoms with Crippen LogP contribution in [0.1, 0.15) is 27.0 Å². The molecular weight excluding hydrogens is 380 g/mol. The van der Waals surface area contributed by atoms with Gasteiger partial charge in [0.15, 0.2) is 5.58 Å². The molecule has 6 heteroatoms. The monoisotopic (exact) mass is 402 g/mol. The zero-order valence-electron chi connectivity index (χ0n) is 16.8. The third-order valence-corrected chi connectivity index (χ3v) is 4.78. The molecule has 6 nitrogen and oxygen atoms in total. The number of fused-ring (bicyclic) bond motifs is 1. The molecule has 3 aromatic carbocycles. The van der Waals surface area contributed by atoms with Crippen molar-refractivity contribution in [2.24, 2.45) is 0 Å². The van der Waals surface area contributed by atoms with Crippen molar-refractivity contribution in [3.05, 3.63) is 89.0 Å². The number of rotatable bonds is 7. The predicted molar refractivity (Wildman–Crippen MR) is 115 cm³/mol. The van der Waals surface area contributed by atoms with Crippen LogP contribution >= 0.6 is 0 Å². The van der Waals surface area contributed by atoms with Crippen LogP contribution in [0.2, 0.25) is 0 Å². The molecule has 30 heavy (non-hydrogen) atoms. The van der Waals surface area contributed by atoms with E-state index in [2.05, 4.69) is 10.3 Å². The van der Waals surface area contributed by atoms with Gasteiger partial charge in [-0.25, -0.2) is 4.79 Å². The molecule has 1 heterocycles. The third kappa shape index (κ3) is 4.27. The molecule has 4 aromatic rings. The maximum absolute atomic E-state index is 12.1. The number of aryl methyl sites for hydroxylation is 1. The first-order valence-electron chi connectivity index (χ1n) is 9.62. The Hall–Kier alpha value is -3.80. The van der Waals surface area contributed by atoms with E-state index < -0.39 is 0 Å². The van der Waals surface area contributed by atoms with Crippen molar-refractivity contribution in [1.82, 2.24) is 4.98 Å². The average molecular weight is 402 g/mol. The highest BCUT2D eigenvalue weighted by atomic mass is 16.5. The normalized spacial score (nSPS) is 10.7. The number of carbonyl (C=O) groups excluding carboxylic acids is 1. The molecule has 0 aliphatic heterocycles. The largest absolute Gasteiger partial charge is 0.489 e. The number of nitrogens with zero attached hydrogens (tertiary/aromatic N) is 1. The van der Waals surface area contributed by atoms with Crippen molar-refractivity contribution in [3.63, 3.8) is 0 Å². The summed E-state index contributed by atoms with van der Waals surface area (Å²) in [6.07, 6.45) is 0. The molecule has 0 aliphatic rings. The molecular formula is C24H22N2O4. The molecule has 152 valence electrons. The van der Waals surface area contributed by atoms with E-state index in [1.807, 2.05) is 73.7 Å². The summed E-state index contributed by atoms with van der Waals surface area (Å²) >= 11 is 0. The van der Waals surface area contributed by atoms with E-state index in [-0.39, 0.29) is 12.6 Å². The molecule has 0 saturated heterocycles. The van der Waals surface area contributed by atoms with Gasteiger partial charge in [-0.3, -0.25) is 0 Å². The van der Waals surface area contributed by atoms with E-state index in [0.717, 1.165) is 27.8 Å². The van der Waals surface area contributed by atoms with Gasteiger partial charge >= 0.3 is 5.97 Å². The van der Waals surface area contributed by atoms with Gasteiger partial charge in [0.2, 0.25) is 0 Å². The maximum atomic E-state index is 12.1. The van der Waals surface area contributed by atoms with Gasteiger partial charge in [0.05, 0.1) is 12.7 Å². The number of benzene rings is 3. The van der Waals surface area contributed by atoms with E-state index in [1.54, 1.807) is 0 Å². The van der Waals surface area contributed by atoms with Crippen molar-refractivity contribution < 1.29 is 18.7 Å². The van der Waals surface area contributed by atoms with Gasteiger partial charge in [0, 0.05) is 12.1 Å². The molecule has 0 atom stereocenters. The minimum absolute atomic E-state index is 0.272. The molecule has 0 unspecified atom stereocenters. The lowest BCUT2D eigenvalue weighted by molar-refractivity contribution is 0.0597. The smallest absolute Gasteiger partial charge is 0.338 e. The third-order valence-electron chi connectivity index (χ3n) is 4.78. The number of aromatic nitrogens is 1. The number of methoxy groups -OCH3 is 1. The highest BCUT2D eigenvalue weighted by Gasteiger charge is 2.15. The fourth-order valence-electron chi connectivity index (χ4n) is 3.27. The average Bonchev–Trinajstić information content (AvgIpc) is 3.19. The Morgan fingerprint density at radius 3 is 2.73 bits per heavy atom. The van der Waals surface area contributed by atoms with Gasteiger partial charge < -0.3 is 19.2 Å². The van der Waals surface area contributed by atoms with Crippen LogP contribution in [0.4, 0.5) is 6.01 Å². The Balaban J connectivity index is 1.43. The van der Waals surface area contributed by atoms with Gasteiger partial charge in [-0.15, -0.1) is 0 Å². The van der Waals surface area contributed by atoms with Crippen LogP contribution in [0.5, 0.6) is 5.75 Å². The number of nitrogens with one attached hydrogen (secondary N) is 1. The molecule has 0 radical (unpaired) electrons. The van der Waals surface area contributed by atoms with Gasteiger partial charge in [0.25, 0.3) is 6.01 Å². The number of para-hydroxylation sites is 2. The van der Waals surface area contributed by atoms with Crippen molar-refractivity contribution in [2.75, 3.05) is 12.4 Å². The molecule has 0 bridgehead atoms. The van der Waals surface area contributed by atoms with Crippen LogP contribution in [0, 0.1) is 6.92 Å².